The lowest BCUT2D eigenvalue weighted by molar-refractivity contribution is -0.113. The van der Waals surface area contributed by atoms with Gasteiger partial charge in [0.2, 0.25) is 5.91 Å². The molecule has 0 bridgehead atoms. The molecule has 1 aromatic carbocycles. The van der Waals surface area contributed by atoms with Gasteiger partial charge in [-0.25, -0.2) is 0 Å². The highest BCUT2D eigenvalue weighted by Gasteiger charge is 2.16. The van der Waals surface area contributed by atoms with Crippen molar-refractivity contribution in [3.63, 3.8) is 0 Å². The van der Waals surface area contributed by atoms with Gasteiger partial charge in [-0.3, -0.25) is 9.36 Å². The highest BCUT2D eigenvalue weighted by Crippen LogP contribution is 2.25. The van der Waals surface area contributed by atoms with Crippen LogP contribution in [0.15, 0.2) is 58.4 Å². The summed E-state index contributed by atoms with van der Waals surface area (Å²) in [5.74, 6) is 2.09. The molecule has 0 atom stereocenters. The molecule has 4 rings (SSSR count). The first-order chi connectivity index (χ1) is 14.5. The van der Waals surface area contributed by atoms with E-state index in [1.54, 1.807) is 6.26 Å². The number of aromatic nitrogens is 4. The van der Waals surface area contributed by atoms with E-state index in [0.29, 0.717) is 29.2 Å². The average Bonchev–Trinajstić information content (AvgIpc) is 3.45. The number of carbonyl (C=O) groups is 1. The van der Waals surface area contributed by atoms with Gasteiger partial charge in [0.15, 0.2) is 16.7 Å². The maximum atomic E-state index is 12.5. The third-order valence-corrected chi connectivity index (χ3v) is 5.69. The highest BCUT2D eigenvalue weighted by atomic mass is 32.2. The lowest BCUT2D eigenvalue weighted by Gasteiger charge is -2.09. The molecule has 30 heavy (non-hydrogen) atoms. The number of hydrogen-bond donors (Lipinski definition) is 1. The summed E-state index contributed by atoms with van der Waals surface area (Å²) in [6.07, 6.45) is 3.71. The third kappa shape index (κ3) is 4.28. The Bertz CT molecular complexity index is 1140. The largest absolute Gasteiger partial charge is 0.461 e. The molecule has 3 aromatic heterocycles. The molecule has 7 nitrogen and oxygen atoms in total. The van der Waals surface area contributed by atoms with Gasteiger partial charge in [0.25, 0.3) is 0 Å². The molecule has 3 heterocycles. The fourth-order valence-corrected chi connectivity index (χ4v) is 4.23. The summed E-state index contributed by atoms with van der Waals surface area (Å²) in [4.78, 5) is 12.5. The van der Waals surface area contributed by atoms with Crippen LogP contribution >= 0.6 is 11.8 Å². The zero-order chi connectivity index (χ0) is 21.1. The van der Waals surface area contributed by atoms with E-state index in [1.807, 2.05) is 35.8 Å². The Morgan fingerprint density at radius 3 is 2.83 bits per heavy atom. The SMILES string of the molecule is CCn1c(SCC(=O)Nc2ccc3c(ccn3CC(C)C)c2)nnc1-c1ccco1. The molecule has 0 spiro atoms. The summed E-state index contributed by atoms with van der Waals surface area (Å²) in [6.45, 7) is 8.09. The van der Waals surface area contributed by atoms with Crippen LogP contribution in [-0.2, 0) is 17.9 Å². The number of benzene rings is 1. The number of carbonyl (C=O) groups excluding carboxylic acids is 1. The van der Waals surface area contributed by atoms with E-state index in [-0.39, 0.29) is 11.7 Å². The van der Waals surface area contributed by atoms with E-state index in [1.165, 1.54) is 17.3 Å². The summed E-state index contributed by atoms with van der Waals surface area (Å²) in [7, 11) is 0. The zero-order valence-corrected chi connectivity index (χ0v) is 18.1. The summed E-state index contributed by atoms with van der Waals surface area (Å²) in [6, 6.07) is 11.8. The van der Waals surface area contributed by atoms with E-state index in [9.17, 15) is 4.79 Å². The number of anilines is 1. The molecule has 8 heteroatoms. The third-order valence-electron chi connectivity index (χ3n) is 4.72. The molecule has 0 saturated heterocycles. The Morgan fingerprint density at radius 2 is 2.10 bits per heavy atom. The number of rotatable bonds is 8. The topological polar surface area (TPSA) is 77.9 Å². The average molecular weight is 424 g/mol. The van der Waals surface area contributed by atoms with Gasteiger partial charge in [0.05, 0.1) is 12.0 Å². The van der Waals surface area contributed by atoms with Crippen LogP contribution in [0.5, 0.6) is 0 Å². The van der Waals surface area contributed by atoms with Crippen LogP contribution in [0.3, 0.4) is 0 Å². The van der Waals surface area contributed by atoms with Gasteiger partial charge in [-0.1, -0.05) is 25.6 Å². The van der Waals surface area contributed by atoms with Crippen LogP contribution in [0.25, 0.3) is 22.5 Å². The number of fused-ring (bicyclic) bond motifs is 1. The van der Waals surface area contributed by atoms with Crippen molar-refractivity contribution in [3.8, 4) is 11.6 Å². The lowest BCUT2D eigenvalue weighted by atomic mass is 10.2. The molecular formula is C22H25N5O2S. The molecule has 0 radical (unpaired) electrons. The normalized spacial score (nSPS) is 11.5. The van der Waals surface area contributed by atoms with E-state index in [4.69, 9.17) is 4.42 Å². The van der Waals surface area contributed by atoms with Crippen molar-refractivity contribution in [1.29, 1.82) is 0 Å². The molecule has 0 aliphatic carbocycles. The van der Waals surface area contributed by atoms with Crippen LogP contribution in [0.2, 0.25) is 0 Å². The molecule has 0 unspecified atom stereocenters. The number of thioether (sulfide) groups is 1. The van der Waals surface area contributed by atoms with E-state index in [2.05, 4.69) is 52.3 Å². The van der Waals surface area contributed by atoms with Crippen molar-refractivity contribution in [2.45, 2.75) is 39.0 Å². The van der Waals surface area contributed by atoms with Gasteiger partial charge in [0, 0.05) is 35.9 Å². The van der Waals surface area contributed by atoms with Crippen LogP contribution in [0.1, 0.15) is 20.8 Å². The van der Waals surface area contributed by atoms with Crippen molar-refractivity contribution in [2.24, 2.45) is 5.92 Å². The monoisotopic (exact) mass is 423 g/mol. The van der Waals surface area contributed by atoms with Crippen LogP contribution < -0.4 is 5.32 Å². The van der Waals surface area contributed by atoms with Gasteiger partial charge in [0.1, 0.15) is 0 Å². The minimum Gasteiger partial charge on any atom is -0.461 e. The number of hydrogen-bond acceptors (Lipinski definition) is 5. The summed E-state index contributed by atoms with van der Waals surface area (Å²) in [5.41, 5.74) is 1.97. The molecule has 1 amide bonds. The van der Waals surface area contributed by atoms with Crippen molar-refractivity contribution < 1.29 is 9.21 Å². The summed E-state index contributed by atoms with van der Waals surface area (Å²) < 4.78 is 9.61. The Morgan fingerprint density at radius 1 is 1.23 bits per heavy atom. The van der Waals surface area contributed by atoms with E-state index < -0.39 is 0 Å². The van der Waals surface area contributed by atoms with Crippen LogP contribution in [0.4, 0.5) is 5.69 Å². The number of amides is 1. The Kier molecular flexibility index (Phi) is 5.94. The predicted octanol–water partition coefficient (Wildman–Crippen LogP) is 4.90. The van der Waals surface area contributed by atoms with Crippen molar-refractivity contribution >= 4 is 34.3 Å². The van der Waals surface area contributed by atoms with Gasteiger partial charge >= 0.3 is 0 Å². The number of nitrogens with one attached hydrogen (secondary N) is 1. The molecule has 0 aliphatic heterocycles. The standard InChI is InChI=1S/C22H25N5O2S/c1-4-27-21(19-6-5-11-29-19)24-25-22(27)30-14-20(28)23-17-7-8-18-16(12-17)9-10-26(18)13-15(2)3/h5-12,15H,4,13-14H2,1-3H3,(H,23,28). The van der Waals surface area contributed by atoms with E-state index >= 15 is 0 Å². The van der Waals surface area contributed by atoms with Crippen LogP contribution in [0, 0.1) is 5.92 Å². The summed E-state index contributed by atoms with van der Waals surface area (Å²) >= 11 is 1.36. The molecule has 1 N–H and O–H groups in total. The van der Waals surface area contributed by atoms with Gasteiger partial charge in [-0.05, 0) is 49.2 Å². The number of furan rings is 1. The van der Waals surface area contributed by atoms with Crippen LogP contribution in [-0.4, -0.2) is 31.0 Å². The molecule has 0 saturated carbocycles. The Labute approximate surface area is 179 Å². The number of nitrogens with zero attached hydrogens (tertiary/aromatic N) is 4. The molecule has 156 valence electrons. The minimum atomic E-state index is -0.0776. The van der Waals surface area contributed by atoms with Gasteiger partial charge < -0.3 is 14.3 Å². The van der Waals surface area contributed by atoms with Gasteiger partial charge in [-0.15, -0.1) is 10.2 Å². The Balaban J connectivity index is 1.41. The van der Waals surface area contributed by atoms with Crippen molar-refractivity contribution in [1.82, 2.24) is 19.3 Å². The lowest BCUT2D eigenvalue weighted by Crippen LogP contribution is -2.14. The first kappa shape index (κ1) is 20.3. The second kappa shape index (κ2) is 8.79. The smallest absolute Gasteiger partial charge is 0.234 e. The Hall–Kier alpha value is -3.00. The first-order valence-electron chi connectivity index (χ1n) is 10.0. The molecule has 0 fully saturated rings. The quantitative estimate of drug-likeness (QED) is 0.408. The molecule has 0 aliphatic rings. The summed E-state index contributed by atoms with van der Waals surface area (Å²) in [5, 5.41) is 13.2. The zero-order valence-electron chi connectivity index (χ0n) is 17.3. The fraction of sp³-hybridized carbons (Fsp3) is 0.318. The second-order valence-corrected chi connectivity index (χ2v) is 8.44. The second-order valence-electron chi connectivity index (χ2n) is 7.50. The molecular weight excluding hydrogens is 398 g/mol. The fourth-order valence-electron chi connectivity index (χ4n) is 3.43. The van der Waals surface area contributed by atoms with Gasteiger partial charge in [-0.2, -0.15) is 0 Å². The maximum Gasteiger partial charge on any atom is 0.234 e. The first-order valence-corrected chi connectivity index (χ1v) is 11.0. The molecule has 4 aromatic rings. The minimum absolute atomic E-state index is 0.0776. The van der Waals surface area contributed by atoms with Crippen molar-refractivity contribution in [3.05, 3.63) is 48.9 Å². The predicted molar refractivity (Wildman–Crippen MR) is 120 cm³/mol. The van der Waals surface area contributed by atoms with E-state index in [0.717, 1.165) is 17.6 Å². The highest BCUT2D eigenvalue weighted by molar-refractivity contribution is 7.99. The maximum absolute atomic E-state index is 12.5. The van der Waals surface area contributed by atoms with Crippen molar-refractivity contribution in [2.75, 3.05) is 11.1 Å².